The minimum absolute atomic E-state index is 0.104. The van der Waals surface area contributed by atoms with Crippen molar-refractivity contribution in [1.29, 1.82) is 0 Å². The van der Waals surface area contributed by atoms with Crippen LogP contribution in [0, 0.1) is 0 Å². The molecule has 0 unspecified atom stereocenters. The van der Waals surface area contributed by atoms with Crippen LogP contribution in [-0.2, 0) is 11.2 Å². The van der Waals surface area contributed by atoms with Crippen LogP contribution in [-0.4, -0.2) is 23.2 Å². The van der Waals surface area contributed by atoms with Crippen molar-refractivity contribution in [3.63, 3.8) is 0 Å². The molecule has 5 heteroatoms. The Hall–Kier alpha value is -1.88. The van der Waals surface area contributed by atoms with E-state index in [1.165, 1.54) is 11.3 Å². The molecule has 0 aliphatic rings. The molecule has 1 aromatic carbocycles. The Balaban J connectivity index is 2.21. The van der Waals surface area contributed by atoms with Crippen LogP contribution >= 0.6 is 11.3 Å². The normalized spacial score (nSPS) is 10.3. The number of aromatic nitrogens is 1. The topological polar surface area (TPSA) is 59.4 Å². The van der Waals surface area contributed by atoms with Crippen molar-refractivity contribution in [2.75, 3.05) is 7.11 Å². The molecule has 0 aliphatic heterocycles. The fraction of sp³-hybridized carbons (Fsp3) is 0.231. The summed E-state index contributed by atoms with van der Waals surface area (Å²) in [5.74, 6) is -0.000896. The van der Waals surface area contributed by atoms with E-state index in [2.05, 4.69) is 4.98 Å². The Bertz CT molecular complexity index is 533. The van der Waals surface area contributed by atoms with E-state index in [0.29, 0.717) is 6.42 Å². The third kappa shape index (κ3) is 2.87. The number of rotatable bonds is 5. The number of carboxylic acids is 1. The van der Waals surface area contributed by atoms with Crippen LogP contribution in [0.3, 0.4) is 0 Å². The number of aliphatic carboxylic acids is 1. The van der Waals surface area contributed by atoms with Gasteiger partial charge in [0.05, 0.1) is 29.6 Å². The minimum Gasteiger partial charge on any atom is -0.497 e. The van der Waals surface area contributed by atoms with Crippen LogP contribution in [0.4, 0.5) is 0 Å². The summed E-state index contributed by atoms with van der Waals surface area (Å²) in [5.41, 5.74) is 3.63. The smallest absolute Gasteiger partial charge is 0.303 e. The number of aryl methyl sites for hydroxylation is 1. The number of benzene rings is 1. The summed E-state index contributed by atoms with van der Waals surface area (Å²) in [5, 5.41) is 8.70. The standard InChI is InChI=1S/C13H13NO3S/c1-17-10-4-2-9(3-5-10)13-11(14-8-18-13)6-7-12(15)16/h2-5,8H,6-7H2,1H3,(H,15,16). The molecule has 18 heavy (non-hydrogen) atoms. The van der Waals surface area contributed by atoms with Crippen LogP contribution < -0.4 is 4.74 Å². The molecule has 0 atom stereocenters. The zero-order valence-electron chi connectivity index (χ0n) is 9.92. The molecule has 1 heterocycles. The third-order valence-electron chi connectivity index (χ3n) is 2.57. The van der Waals surface area contributed by atoms with Crippen molar-refractivity contribution in [3.8, 4) is 16.2 Å². The second-order valence-electron chi connectivity index (χ2n) is 3.75. The lowest BCUT2D eigenvalue weighted by atomic mass is 10.1. The molecule has 2 aromatic rings. The predicted octanol–water partition coefficient (Wildman–Crippen LogP) is 2.84. The van der Waals surface area contributed by atoms with Gasteiger partial charge >= 0.3 is 5.97 Å². The second-order valence-corrected chi connectivity index (χ2v) is 4.61. The van der Waals surface area contributed by atoms with Crippen molar-refractivity contribution >= 4 is 17.3 Å². The summed E-state index contributed by atoms with van der Waals surface area (Å²) in [6.45, 7) is 0. The Morgan fingerprint density at radius 3 is 2.72 bits per heavy atom. The molecular weight excluding hydrogens is 250 g/mol. The molecule has 0 bridgehead atoms. The van der Waals surface area contributed by atoms with Crippen LogP contribution in [0.25, 0.3) is 10.4 Å². The molecule has 0 saturated carbocycles. The summed E-state index contributed by atoms with van der Waals surface area (Å²) in [7, 11) is 1.62. The van der Waals surface area contributed by atoms with E-state index in [4.69, 9.17) is 9.84 Å². The molecule has 0 saturated heterocycles. The van der Waals surface area contributed by atoms with Crippen molar-refractivity contribution in [3.05, 3.63) is 35.5 Å². The van der Waals surface area contributed by atoms with Gasteiger partial charge in [-0.2, -0.15) is 0 Å². The first-order valence-electron chi connectivity index (χ1n) is 5.49. The Kier molecular flexibility index (Phi) is 3.94. The van der Waals surface area contributed by atoms with Crippen LogP contribution in [0.2, 0.25) is 0 Å². The largest absolute Gasteiger partial charge is 0.497 e. The summed E-state index contributed by atoms with van der Waals surface area (Å²) in [6.07, 6.45) is 0.563. The van der Waals surface area contributed by atoms with Gasteiger partial charge in [-0.3, -0.25) is 4.79 Å². The number of carboxylic acid groups (broad SMARTS) is 1. The zero-order valence-corrected chi connectivity index (χ0v) is 10.7. The molecule has 0 aliphatic carbocycles. The molecule has 0 spiro atoms. The monoisotopic (exact) mass is 263 g/mol. The Morgan fingerprint density at radius 2 is 2.11 bits per heavy atom. The predicted molar refractivity (Wildman–Crippen MR) is 70.1 cm³/mol. The number of hydrogen-bond acceptors (Lipinski definition) is 4. The van der Waals surface area contributed by atoms with Gasteiger partial charge in [-0.15, -0.1) is 11.3 Å². The van der Waals surface area contributed by atoms with Gasteiger partial charge in [0.2, 0.25) is 0 Å². The molecule has 94 valence electrons. The van der Waals surface area contributed by atoms with E-state index in [9.17, 15) is 4.79 Å². The van der Waals surface area contributed by atoms with Crippen LogP contribution in [0.15, 0.2) is 29.8 Å². The molecule has 1 N–H and O–H groups in total. The van der Waals surface area contributed by atoms with Gasteiger partial charge in [-0.25, -0.2) is 4.98 Å². The number of nitrogens with zero attached hydrogens (tertiary/aromatic N) is 1. The zero-order chi connectivity index (χ0) is 13.0. The molecule has 1 aromatic heterocycles. The van der Waals surface area contributed by atoms with E-state index in [-0.39, 0.29) is 6.42 Å². The quantitative estimate of drug-likeness (QED) is 0.901. The maximum Gasteiger partial charge on any atom is 0.303 e. The minimum atomic E-state index is -0.802. The maximum atomic E-state index is 10.6. The molecule has 0 fully saturated rings. The van der Waals surface area contributed by atoms with Gasteiger partial charge in [0.15, 0.2) is 0 Å². The molecule has 0 radical (unpaired) electrons. The highest BCUT2D eigenvalue weighted by atomic mass is 32.1. The Morgan fingerprint density at radius 1 is 1.39 bits per heavy atom. The Labute approximate surface area is 109 Å². The average Bonchev–Trinajstić information content (AvgIpc) is 2.85. The number of methoxy groups -OCH3 is 1. The van der Waals surface area contributed by atoms with Gasteiger partial charge in [0, 0.05) is 6.42 Å². The highest BCUT2D eigenvalue weighted by molar-refractivity contribution is 7.13. The SMILES string of the molecule is COc1ccc(-c2scnc2CCC(=O)O)cc1. The maximum absolute atomic E-state index is 10.6. The first-order chi connectivity index (χ1) is 8.70. The first kappa shape index (κ1) is 12.6. The molecule has 0 amide bonds. The highest BCUT2D eigenvalue weighted by Crippen LogP contribution is 2.29. The number of thiazole rings is 1. The molecular formula is C13H13NO3S. The van der Waals surface area contributed by atoms with Crippen molar-refractivity contribution in [2.24, 2.45) is 0 Å². The van der Waals surface area contributed by atoms with Crippen molar-refractivity contribution < 1.29 is 14.6 Å². The van der Waals surface area contributed by atoms with Crippen LogP contribution in [0.5, 0.6) is 5.75 Å². The summed E-state index contributed by atoms with van der Waals surface area (Å²) in [6, 6.07) is 7.68. The fourth-order valence-corrected chi connectivity index (χ4v) is 2.50. The van der Waals surface area contributed by atoms with Gasteiger partial charge in [0.1, 0.15) is 5.75 Å². The first-order valence-corrected chi connectivity index (χ1v) is 6.37. The second kappa shape index (κ2) is 5.64. The number of carbonyl (C=O) groups is 1. The summed E-state index contributed by atoms with van der Waals surface area (Å²) in [4.78, 5) is 15.8. The lowest BCUT2D eigenvalue weighted by Crippen LogP contribution is -1.98. The van der Waals surface area contributed by atoms with Gasteiger partial charge in [-0.05, 0) is 29.8 Å². The highest BCUT2D eigenvalue weighted by Gasteiger charge is 2.10. The lowest BCUT2D eigenvalue weighted by Gasteiger charge is -2.03. The van der Waals surface area contributed by atoms with E-state index in [0.717, 1.165) is 21.9 Å². The number of hydrogen-bond donors (Lipinski definition) is 1. The van der Waals surface area contributed by atoms with Gasteiger partial charge in [0.25, 0.3) is 0 Å². The van der Waals surface area contributed by atoms with Crippen molar-refractivity contribution in [2.45, 2.75) is 12.8 Å². The van der Waals surface area contributed by atoms with Crippen LogP contribution in [0.1, 0.15) is 12.1 Å². The third-order valence-corrected chi connectivity index (χ3v) is 3.49. The molecule has 2 rings (SSSR count). The van der Waals surface area contributed by atoms with E-state index in [1.807, 2.05) is 24.3 Å². The number of ether oxygens (including phenoxy) is 1. The summed E-state index contributed by atoms with van der Waals surface area (Å²) < 4.78 is 5.11. The molecule has 4 nitrogen and oxygen atoms in total. The fourth-order valence-electron chi connectivity index (χ4n) is 1.65. The average molecular weight is 263 g/mol. The van der Waals surface area contributed by atoms with E-state index in [1.54, 1.807) is 12.6 Å². The van der Waals surface area contributed by atoms with Gasteiger partial charge < -0.3 is 9.84 Å². The van der Waals surface area contributed by atoms with Gasteiger partial charge in [-0.1, -0.05) is 0 Å². The summed E-state index contributed by atoms with van der Waals surface area (Å²) >= 11 is 1.52. The van der Waals surface area contributed by atoms with E-state index < -0.39 is 5.97 Å². The van der Waals surface area contributed by atoms with E-state index >= 15 is 0 Å². The lowest BCUT2D eigenvalue weighted by molar-refractivity contribution is -0.136. The van der Waals surface area contributed by atoms with Crippen molar-refractivity contribution in [1.82, 2.24) is 4.98 Å².